The Balaban J connectivity index is 2.10. The summed E-state index contributed by atoms with van der Waals surface area (Å²) in [5.41, 5.74) is 4.10. The molecule has 0 saturated carbocycles. The van der Waals surface area contributed by atoms with Crippen LogP contribution in [0.3, 0.4) is 0 Å². The Hall–Kier alpha value is -1.32. The van der Waals surface area contributed by atoms with Gasteiger partial charge in [-0.25, -0.2) is 0 Å². The highest BCUT2D eigenvalue weighted by Crippen LogP contribution is 2.22. The van der Waals surface area contributed by atoms with Gasteiger partial charge in [-0.15, -0.1) is 0 Å². The van der Waals surface area contributed by atoms with Crippen molar-refractivity contribution in [2.24, 2.45) is 0 Å². The summed E-state index contributed by atoms with van der Waals surface area (Å²) in [4.78, 5) is 0. The van der Waals surface area contributed by atoms with Gasteiger partial charge in [-0.2, -0.15) is 5.10 Å². The lowest BCUT2D eigenvalue weighted by molar-refractivity contribution is 0.172. The van der Waals surface area contributed by atoms with E-state index in [1.54, 1.807) is 0 Å². The van der Waals surface area contributed by atoms with E-state index in [9.17, 15) is 5.11 Å². The van der Waals surface area contributed by atoms with E-state index in [1.807, 2.05) is 30.7 Å². The van der Waals surface area contributed by atoms with Gasteiger partial charge in [0.1, 0.15) is 0 Å². The van der Waals surface area contributed by atoms with E-state index in [4.69, 9.17) is 11.6 Å². The SMILES string of the molecule is CCn1nc(C)c(Cl)c1CC(O)Cc1cccc(C)c1. The Labute approximate surface area is 125 Å². The van der Waals surface area contributed by atoms with E-state index in [0.717, 1.165) is 23.5 Å². The molecule has 0 aliphatic heterocycles. The molecule has 1 heterocycles. The average Bonchev–Trinajstić information content (AvgIpc) is 2.66. The van der Waals surface area contributed by atoms with Crippen molar-refractivity contribution in [2.75, 3.05) is 0 Å². The number of aliphatic hydroxyl groups is 1. The first kappa shape index (κ1) is 15.1. The smallest absolute Gasteiger partial charge is 0.0848 e. The number of aliphatic hydroxyl groups excluding tert-OH is 1. The third-order valence-corrected chi connectivity index (χ3v) is 3.93. The molecule has 0 amide bonds. The first-order valence-electron chi connectivity index (χ1n) is 6.96. The monoisotopic (exact) mass is 292 g/mol. The maximum atomic E-state index is 10.3. The van der Waals surface area contributed by atoms with Crippen molar-refractivity contribution in [3.8, 4) is 0 Å². The van der Waals surface area contributed by atoms with Crippen molar-refractivity contribution in [2.45, 2.75) is 46.3 Å². The van der Waals surface area contributed by atoms with Gasteiger partial charge in [0.25, 0.3) is 0 Å². The lowest BCUT2D eigenvalue weighted by Gasteiger charge is -2.12. The van der Waals surface area contributed by atoms with Crippen LogP contribution in [0.15, 0.2) is 24.3 Å². The molecule has 1 N–H and O–H groups in total. The highest BCUT2D eigenvalue weighted by Gasteiger charge is 2.16. The number of hydrogen-bond acceptors (Lipinski definition) is 2. The zero-order valence-corrected chi connectivity index (χ0v) is 13.0. The summed E-state index contributed by atoms with van der Waals surface area (Å²) in [6, 6.07) is 8.22. The molecule has 1 aromatic heterocycles. The molecule has 108 valence electrons. The Morgan fingerprint density at radius 2 is 2.05 bits per heavy atom. The van der Waals surface area contributed by atoms with Gasteiger partial charge in [0.2, 0.25) is 0 Å². The van der Waals surface area contributed by atoms with Crippen molar-refractivity contribution in [3.05, 3.63) is 51.8 Å². The van der Waals surface area contributed by atoms with Gasteiger partial charge in [-0.3, -0.25) is 4.68 Å². The van der Waals surface area contributed by atoms with Crippen LogP contribution >= 0.6 is 11.6 Å². The van der Waals surface area contributed by atoms with E-state index in [-0.39, 0.29) is 0 Å². The maximum Gasteiger partial charge on any atom is 0.0848 e. The highest BCUT2D eigenvalue weighted by atomic mass is 35.5. The molecule has 1 atom stereocenters. The molecule has 0 bridgehead atoms. The molecule has 1 unspecified atom stereocenters. The van der Waals surface area contributed by atoms with E-state index < -0.39 is 6.10 Å². The van der Waals surface area contributed by atoms with Crippen LogP contribution in [0.5, 0.6) is 0 Å². The number of benzene rings is 1. The second kappa shape index (κ2) is 6.42. The standard InChI is InChI=1S/C16H21ClN2O/c1-4-19-15(16(17)12(3)18-19)10-14(20)9-13-7-5-6-11(2)8-13/h5-8,14,20H,4,9-10H2,1-3H3. The summed E-state index contributed by atoms with van der Waals surface area (Å²) in [7, 11) is 0. The van der Waals surface area contributed by atoms with Gasteiger partial charge in [0.15, 0.2) is 0 Å². The van der Waals surface area contributed by atoms with Gasteiger partial charge in [0, 0.05) is 13.0 Å². The molecule has 4 heteroatoms. The molecule has 2 aromatic rings. The molecule has 2 rings (SSSR count). The molecule has 0 aliphatic carbocycles. The van der Waals surface area contributed by atoms with Crippen LogP contribution in [-0.4, -0.2) is 21.0 Å². The molecule has 0 saturated heterocycles. The number of halogens is 1. The normalized spacial score (nSPS) is 12.7. The van der Waals surface area contributed by atoms with Crippen LogP contribution in [-0.2, 0) is 19.4 Å². The molecule has 0 aliphatic rings. The Morgan fingerprint density at radius 3 is 2.70 bits per heavy atom. The first-order valence-corrected chi connectivity index (χ1v) is 7.34. The molecule has 1 aromatic carbocycles. The minimum Gasteiger partial charge on any atom is -0.392 e. The van der Waals surface area contributed by atoms with Crippen molar-refractivity contribution in [3.63, 3.8) is 0 Å². The molecule has 3 nitrogen and oxygen atoms in total. The van der Waals surface area contributed by atoms with Gasteiger partial charge in [0.05, 0.1) is 22.5 Å². The van der Waals surface area contributed by atoms with Crippen LogP contribution < -0.4 is 0 Å². The highest BCUT2D eigenvalue weighted by molar-refractivity contribution is 6.31. The summed E-state index contributed by atoms with van der Waals surface area (Å²) in [5.74, 6) is 0. The third-order valence-electron chi connectivity index (χ3n) is 3.44. The molecule has 0 spiro atoms. The zero-order chi connectivity index (χ0) is 14.7. The van der Waals surface area contributed by atoms with Crippen LogP contribution in [0.4, 0.5) is 0 Å². The van der Waals surface area contributed by atoms with Gasteiger partial charge in [-0.05, 0) is 32.8 Å². The molecular formula is C16H21ClN2O. The van der Waals surface area contributed by atoms with E-state index >= 15 is 0 Å². The predicted octanol–water partition coefficient (Wildman–Crippen LogP) is 3.32. The average molecular weight is 293 g/mol. The number of rotatable bonds is 5. The van der Waals surface area contributed by atoms with E-state index in [2.05, 4.69) is 24.2 Å². The maximum absolute atomic E-state index is 10.3. The van der Waals surface area contributed by atoms with Crippen molar-refractivity contribution in [1.29, 1.82) is 0 Å². The topological polar surface area (TPSA) is 38.0 Å². The van der Waals surface area contributed by atoms with Crippen molar-refractivity contribution >= 4 is 11.6 Å². The first-order chi connectivity index (χ1) is 9.51. The number of nitrogens with zero attached hydrogens (tertiary/aromatic N) is 2. The summed E-state index contributed by atoms with van der Waals surface area (Å²) in [6.07, 6.45) is 0.712. The summed E-state index contributed by atoms with van der Waals surface area (Å²) in [5, 5.41) is 15.4. The largest absolute Gasteiger partial charge is 0.392 e. The van der Waals surface area contributed by atoms with Crippen LogP contribution in [0.1, 0.15) is 29.4 Å². The zero-order valence-electron chi connectivity index (χ0n) is 12.2. The minimum absolute atomic E-state index is 0.448. The summed E-state index contributed by atoms with van der Waals surface area (Å²) < 4.78 is 1.87. The van der Waals surface area contributed by atoms with Gasteiger partial charge < -0.3 is 5.11 Å². The number of hydrogen-bond donors (Lipinski definition) is 1. The van der Waals surface area contributed by atoms with Crippen LogP contribution in [0.25, 0.3) is 0 Å². The summed E-state index contributed by atoms with van der Waals surface area (Å²) >= 11 is 6.27. The molecule has 0 fully saturated rings. The van der Waals surface area contributed by atoms with Crippen LogP contribution in [0.2, 0.25) is 5.02 Å². The molecular weight excluding hydrogens is 272 g/mol. The fourth-order valence-electron chi connectivity index (χ4n) is 2.47. The van der Waals surface area contributed by atoms with Crippen molar-refractivity contribution < 1.29 is 5.11 Å². The minimum atomic E-state index is -0.448. The predicted molar refractivity (Wildman–Crippen MR) is 82.2 cm³/mol. The Morgan fingerprint density at radius 1 is 1.30 bits per heavy atom. The molecule has 20 heavy (non-hydrogen) atoms. The fourth-order valence-corrected chi connectivity index (χ4v) is 2.68. The Kier molecular flexibility index (Phi) is 4.84. The van der Waals surface area contributed by atoms with Gasteiger partial charge >= 0.3 is 0 Å². The number of aryl methyl sites for hydroxylation is 3. The van der Waals surface area contributed by atoms with E-state index in [0.29, 0.717) is 17.9 Å². The second-order valence-corrected chi connectivity index (χ2v) is 5.59. The quantitative estimate of drug-likeness (QED) is 0.918. The second-order valence-electron chi connectivity index (χ2n) is 5.21. The lowest BCUT2D eigenvalue weighted by atomic mass is 10.0. The number of aromatic nitrogens is 2. The van der Waals surface area contributed by atoms with E-state index in [1.165, 1.54) is 5.56 Å². The fraction of sp³-hybridized carbons (Fsp3) is 0.438. The van der Waals surface area contributed by atoms with Gasteiger partial charge in [-0.1, -0.05) is 41.4 Å². The molecule has 0 radical (unpaired) electrons. The summed E-state index contributed by atoms with van der Waals surface area (Å²) in [6.45, 7) is 6.74. The Bertz CT molecular complexity index is 592. The lowest BCUT2D eigenvalue weighted by Crippen LogP contribution is -2.17. The van der Waals surface area contributed by atoms with Crippen molar-refractivity contribution in [1.82, 2.24) is 9.78 Å². The third kappa shape index (κ3) is 3.41. The van der Waals surface area contributed by atoms with Crippen LogP contribution in [0, 0.1) is 13.8 Å².